The Hall–Kier alpha value is -3.30. The second-order valence-corrected chi connectivity index (χ2v) is 10.5. The van der Waals surface area contributed by atoms with Crippen molar-refractivity contribution in [3.63, 3.8) is 0 Å². The van der Waals surface area contributed by atoms with Gasteiger partial charge in [-0.15, -0.1) is 0 Å². The zero-order valence-corrected chi connectivity index (χ0v) is 23.6. The molecule has 0 amide bonds. The Morgan fingerprint density at radius 3 is 2.13 bits per heavy atom. The molecule has 3 aromatic rings. The first-order chi connectivity index (χ1) is 19.1. The van der Waals surface area contributed by atoms with Crippen LogP contribution in [0.2, 0.25) is 10.0 Å². The van der Waals surface area contributed by atoms with Crippen LogP contribution in [0, 0.1) is 0 Å². The summed E-state index contributed by atoms with van der Waals surface area (Å²) in [5.74, 6) is 3.05. The zero-order valence-electron chi connectivity index (χ0n) is 22.1. The number of nitrogens with zero attached hydrogens (tertiary/aromatic N) is 6. The first-order valence-electron chi connectivity index (χ1n) is 13.4. The molecule has 0 bridgehead atoms. The number of hydrazone groups is 1. The van der Waals surface area contributed by atoms with E-state index in [0.29, 0.717) is 39.4 Å². The van der Waals surface area contributed by atoms with Gasteiger partial charge in [-0.25, -0.2) is 5.43 Å². The summed E-state index contributed by atoms with van der Waals surface area (Å²) in [6.45, 7) is 4.11. The molecule has 3 heterocycles. The molecule has 5 rings (SSSR count). The Labute approximate surface area is 239 Å². The van der Waals surface area contributed by atoms with E-state index in [2.05, 4.69) is 20.3 Å². The van der Waals surface area contributed by atoms with E-state index < -0.39 is 0 Å². The second kappa shape index (κ2) is 13.2. The lowest BCUT2D eigenvalue weighted by Gasteiger charge is -2.30. The summed E-state index contributed by atoms with van der Waals surface area (Å²) < 4.78 is 11.5. The second-order valence-electron chi connectivity index (χ2n) is 9.66. The van der Waals surface area contributed by atoms with Crippen LogP contribution in [0.5, 0.6) is 11.5 Å². The van der Waals surface area contributed by atoms with Crippen molar-refractivity contribution in [1.29, 1.82) is 0 Å². The van der Waals surface area contributed by atoms with Gasteiger partial charge in [0.25, 0.3) is 0 Å². The molecule has 1 aromatic heterocycles. The minimum absolute atomic E-state index is 0.272. The molecule has 11 heteroatoms. The molecular formula is C28H33Cl2N7O2. The monoisotopic (exact) mass is 569 g/mol. The fourth-order valence-corrected chi connectivity index (χ4v) is 5.18. The van der Waals surface area contributed by atoms with Crippen LogP contribution >= 0.6 is 23.2 Å². The number of hydrogen-bond acceptors (Lipinski definition) is 9. The highest BCUT2D eigenvalue weighted by Gasteiger charge is 2.20. The number of halogens is 2. The van der Waals surface area contributed by atoms with E-state index in [1.165, 1.54) is 12.8 Å². The number of ether oxygens (including phenoxy) is 2. The Bertz CT molecular complexity index is 1260. The predicted octanol–water partition coefficient (Wildman–Crippen LogP) is 6.19. The van der Waals surface area contributed by atoms with Crippen LogP contribution in [0.1, 0.15) is 49.7 Å². The van der Waals surface area contributed by atoms with Crippen LogP contribution in [-0.2, 0) is 6.61 Å². The molecule has 2 aliphatic rings. The highest BCUT2D eigenvalue weighted by Crippen LogP contribution is 2.30. The molecule has 2 fully saturated rings. The van der Waals surface area contributed by atoms with Crippen molar-refractivity contribution in [2.75, 3.05) is 48.5 Å². The van der Waals surface area contributed by atoms with Gasteiger partial charge in [0.1, 0.15) is 6.61 Å². The molecule has 2 aliphatic heterocycles. The zero-order chi connectivity index (χ0) is 27.0. The van der Waals surface area contributed by atoms with Crippen molar-refractivity contribution >= 4 is 47.3 Å². The van der Waals surface area contributed by atoms with Crippen molar-refractivity contribution in [2.45, 2.75) is 45.1 Å². The van der Waals surface area contributed by atoms with E-state index in [1.807, 2.05) is 24.3 Å². The molecule has 2 saturated heterocycles. The minimum Gasteiger partial charge on any atom is -0.493 e. The molecule has 0 spiro atoms. The number of methoxy groups -OCH3 is 1. The van der Waals surface area contributed by atoms with Crippen molar-refractivity contribution < 1.29 is 9.47 Å². The van der Waals surface area contributed by atoms with E-state index in [0.717, 1.165) is 63.0 Å². The van der Waals surface area contributed by atoms with Gasteiger partial charge < -0.3 is 19.3 Å². The van der Waals surface area contributed by atoms with Crippen LogP contribution < -0.4 is 24.7 Å². The summed E-state index contributed by atoms with van der Waals surface area (Å²) in [7, 11) is 1.60. The van der Waals surface area contributed by atoms with Gasteiger partial charge in [0.05, 0.1) is 13.3 Å². The van der Waals surface area contributed by atoms with Crippen molar-refractivity contribution in [3.8, 4) is 11.5 Å². The van der Waals surface area contributed by atoms with Crippen LogP contribution in [0.3, 0.4) is 0 Å². The SMILES string of the molecule is COc1ccc(/C=N\Nc2nc(N3CCCCC3)nc(N3CCCCC3)n2)cc1OCc1ccc(Cl)cc1Cl. The summed E-state index contributed by atoms with van der Waals surface area (Å²) in [6.07, 6.45) is 8.80. The Kier molecular flexibility index (Phi) is 9.21. The third-order valence-electron chi connectivity index (χ3n) is 6.85. The van der Waals surface area contributed by atoms with Crippen LogP contribution in [0.4, 0.5) is 17.8 Å². The van der Waals surface area contributed by atoms with E-state index in [1.54, 1.807) is 25.5 Å². The lowest BCUT2D eigenvalue weighted by atomic mass is 10.1. The quantitative estimate of drug-likeness (QED) is 0.241. The molecule has 39 heavy (non-hydrogen) atoms. The van der Waals surface area contributed by atoms with Crippen LogP contribution in [0.25, 0.3) is 0 Å². The van der Waals surface area contributed by atoms with Gasteiger partial charge in [-0.1, -0.05) is 29.3 Å². The fraction of sp³-hybridized carbons (Fsp3) is 0.429. The fourth-order valence-electron chi connectivity index (χ4n) is 4.72. The number of piperidine rings is 2. The summed E-state index contributed by atoms with van der Waals surface area (Å²) in [5.41, 5.74) is 4.67. The number of rotatable bonds is 9. The molecule has 0 radical (unpaired) electrons. The summed E-state index contributed by atoms with van der Waals surface area (Å²) in [4.78, 5) is 18.7. The molecule has 206 valence electrons. The highest BCUT2D eigenvalue weighted by atomic mass is 35.5. The smallest absolute Gasteiger partial charge is 0.250 e. The van der Waals surface area contributed by atoms with E-state index >= 15 is 0 Å². The normalized spacial score (nSPS) is 16.0. The van der Waals surface area contributed by atoms with Gasteiger partial charge in [-0.05, 0) is 74.4 Å². The number of nitrogens with one attached hydrogen (secondary N) is 1. The maximum Gasteiger partial charge on any atom is 0.250 e. The summed E-state index contributed by atoms with van der Waals surface area (Å²) in [5, 5.41) is 5.56. The topological polar surface area (TPSA) is 88.0 Å². The van der Waals surface area contributed by atoms with E-state index in [9.17, 15) is 0 Å². The Balaban J connectivity index is 1.31. The third kappa shape index (κ3) is 7.22. The first-order valence-corrected chi connectivity index (χ1v) is 14.1. The molecule has 0 aliphatic carbocycles. The maximum atomic E-state index is 6.30. The van der Waals surface area contributed by atoms with Crippen molar-refractivity contribution in [3.05, 3.63) is 57.6 Å². The molecule has 0 saturated carbocycles. The Morgan fingerprint density at radius 2 is 1.51 bits per heavy atom. The summed E-state index contributed by atoms with van der Waals surface area (Å²) in [6, 6.07) is 10.9. The highest BCUT2D eigenvalue weighted by molar-refractivity contribution is 6.35. The van der Waals surface area contributed by atoms with E-state index in [-0.39, 0.29) is 6.61 Å². The van der Waals surface area contributed by atoms with Gasteiger partial charge in [0.15, 0.2) is 11.5 Å². The number of anilines is 3. The molecule has 0 unspecified atom stereocenters. The number of benzene rings is 2. The third-order valence-corrected chi connectivity index (χ3v) is 7.44. The average Bonchev–Trinajstić information content (AvgIpc) is 2.97. The molecule has 9 nitrogen and oxygen atoms in total. The lowest BCUT2D eigenvalue weighted by molar-refractivity contribution is 0.284. The van der Waals surface area contributed by atoms with Crippen LogP contribution in [0.15, 0.2) is 41.5 Å². The molecule has 0 atom stereocenters. The largest absolute Gasteiger partial charge is 0.493 e. The molecule has 2 aromatic carbocycles. The van der Waals surface area contributed by atoms with Gasteiger partial charge >= 0.3 is 0 Å². The van der Waals surface area contributed by atoms with Crippen LogP contribution in [-0.4, -0.2) is 54.5 Å². The van der Waals surface area contributed by atoms with Gasteiger partial charge in [-0.2, -0.15) is 20.1 Å². The van der Waals surface area contributed by atoms with Gasteiger partial charge in [0.2, 0.25) is 17.8 Å². The standard InChI is InChI=1S/C28H33Cl2N7O2/c1-38-24-11-8-20(16-25(24)39-19-21-9-10-22(29)17-23(21)30)18-31-35-26-32-27(36-12-4-2-5-13-36)34-28(33-26)37-14-6-3-7-15-37/h8-11,16-18H,2-7,12-15,19H2,1H3,(H,32,33,34,35)/b31-18-. The minimum atomic E-state index is 0.272. The Morgan fingerprint density at radius 1 is 0.846 bits per heavy atom. The van der Waals surface area contributed by atoms with E-state index in [4.69, 9.17) is 47.6 Å². The lowest BCUT2D eigenvalue weighted by Crippen LogP contribution is -2.34. The first kappa shape index (κ1) is 27.3. The van der Waals surface area contributed by atoms with Gasteiger partial charge in [-0.3, -0.25) is 0 Å². The van der Waals surface area contributed by atoms with Gasteiger partial charge in [0, 0.05) is 41.8 Å². The summed E-state index contributed by atoms with van der Waals surface area (Å²) >= 11 is 12.3. The average molecular weight is 571 g/mol. The van der Waals surface area contributed by atoms with Crippen molar-refractivity contribution in [2.24, 2.45) is 5.10 Å². The molecule has 1 N–H and O–H groups in total. The number of aromatic nitrogens is 3. The number of hydrogen-bond donors (Lipinski definition) is 1. The predicted molar refractivity (Wildman–Crippen MR) is 157 cm³/mol. The van der Waals surface area contributed by atoms with Crippen molar-refractivity contribution in [1.82, 2.24) is 15.0 Å². The molecular weight excluding hydrogens is 537 g/mol. The maximum absolute atomic E-state index is 6.30.